The lowest BCUT2D eigenvalue weighted by Gasteiger charge is -2.03. The fourth-order valence-corrected chi connectivity index (χ4v) is 1.18. The molecule has 72 valence electrons. The molecule has 7 heteroatoms. The van der Waals surface area contributed by atoms with E-state index < -0.39 is 0 Å². The largest absolute Gasteiger partial charge is 0.368 e. The second kappa shape index (κ2) is 5.08. The Labute approximate surface area is 85.5 Å². The molecule has 1 aromatic heterocycles. The van der Waals surface area contributed by atoms with E-state index in [1.54, 1.807) is 11.8 Å². The van der Waals surface area contributed by atoms with E-state index in [0.717, 1.165) is 12.3 Å². The lowest BCUT2D eigenvalue weighted by molar-refractivity contribution is 1.03. The molecule has 0 saturated heterocycles. The second-order valence-corrected chi connectivity index (χ2v) is 3.53. The van der Waals surface area contributed by atoms with Gasteiger partial charge in [0.1, 0.15) is 0 Å². The Morgan fingerprint density at radius 2 is 2.23 bits per heavy atom. The van der Waals surface area contributed by atoms with Gasteiger partial charge in [-0.2, -0.15) is 26.7 Å². The third kappa shape index (κ3) is 3.65. The van der Waals surface area contributed by atoms with Crippen molar-refractivity contribution in [2.45, 2.75) is 0 Å². The molecule has 0 saturated carbocycles. The van der Waals surface area contributed by atoms with Gasteiger partial charge in [-0.15, -0.1) is 0 Å². The molecule has 0 amide bonds. The van der Waals surface area contributed by atoms with Crippen LogP contribution in [0.1, 0.15) is 0 Å². The van der Waals surface area contributed by atoms with E-state index in [1.807, 2.05) is 6.26 Å². The number of hydrogen-bond acceptors (Lipinski definition) is 6. The number of aromatic nitrogens is 3. The summed E-state index contributed by atoms with van der Waals surface area (Å²) in [5.74, 6) is 1.53. The first kappa shape index (κ1) is 10.3. The summed E-state index contributed by atoms with van der Waals surface area (Å²) in [6.07, 6.45) is 2.02. The molecular formula is C6H10ClN5S. The summed E-state index contributed by atoms with van der Waals surface area (Å²) in [6.45, 7) is 0.779. The van der Waals surface area contributed by atoms with Crippen LogP contribution in [-0.2, 0) is 0 Å². The van der Waals surface area contributed by atoms with Crippen molar-refractivity contribution in [2.24, 2.45) is 0 Å². The van der Waals surface area contributed by atoms with Crippen LogP contribution in [0.25, 0.3) is 0 Å². The Kier molecular flexibility index (Phi) is 4.04. The monoisotopic (exact) mass is 219 g/mol. The number of halogens is 1. The van der Waals surface area contributed by atoms with Gasteiger partial charge < -0.3 is 11.1 Å². The summed E-state index contributed by atoms with van der Waals surface area (Å²) in [5, 5.41) is 3.09. The van der Waals surface area contributed by atoms with Gasteiger partial charge in [-0.1, -0.05) is 0 Å². The molecule has 0 aliphatic carbocycles. The van der Waals surface area contributed by atoms with Crippen molar-refractivity contribution in [2.75, 3.05) is 29.6 Å². The maximum Gasteiger partial charge on any atom is 0.228 e. The van der Waals surface area contributed by atoms with Gasteiger partial charge in [0.05, 0.1) is 0 Å². The van der Waals surface area contributed by atoms with Gasteiger partial charge in [0, 0.05) is 12.3 Å². The SMILES string of the molecule is CSCCNc1nc(N)nc(Cl)n1. The molecule has 0 aromatic carbocycles. The Balaban J connectivity index is 2.56. The van der Waals surface area contributed by atoms with E-state index in [-0.39, 0.29) is 11.2 Å². The van der Waals surface area contributed by atoms with Crippen molar-refractivity contribution in [1.29, 1.82) is 0 Å². The molecule has 1 aromatic rings. The average Bonchev–Trinajstić information content (AvgIpc) is 2.03. The number of hydrogen-bond donors (Lipinski definition) is 2. The number of nitrogens with one attached hydrogen (secondary N) is 1. The summed E-state index contributed by atoms with van der Waals surface area (Å²) in [6, 6.07) is 0. The van der Waals surface area contributed by atoms with E-state index >= 15 is 0 Å². The van der Waals surface area contributed by atoms with Crippen molar-refractivity contribution in [3.8, 4) is 0 Å². The molecule has 1 heterocycles. The average molecular weight is 220 g/mol. The predicted octanol–water partition coefficient (Wildman–Crippen LogP) is 0.882. The highest BCUT2D eigenvalue weighted by atomic mass is 35.5. The van der Waals surface area contributed by atoms with Gasteiger partial charge in [0.15, 0.2) is 0 Å². The first-order valence-corrected chi connectivity index (χ1v) is 5.39. The summed E-state index contributed by atoms with van der Waals surface area (Å²) in [5.41, 5.74) is 5.37. The molecule has 0 spiro atoms. The van der Waals surface area contributed by atoms with E-state index in [0.29, 0.717) is 5.95 Å². The highest BCUT2D eigenvalue weighted by molar-refractivity contribution is 7.98. The Hall–Kier alpha value is -0.750. The van der Waals surface area contributed by atoms with Crippen molar-refractivity contribution in [3.05, 3.63) is 5.28 Å². The molecule has 0 bridgehead atoms. The predicted molar refractivity (Wildman–Crippen MR) is 56.1 cm³/mol. The van der Waals surface area contributed by atoms with Crippen molar-refractivity contribution in [1.82, 2.24) is 15.0 Å². The molecule has 0 aliphatic rings. The lowest BCUT2D eigenvalue weighted by atomic mass is 10.7. The molecule has 0 radical (unpaired) electrons. The quantitative estimate of drug-likeness (QED) is 0.733. The zero-order chi connectivity index (χ0) is 9.68. The number of nitrogens with two attached hydrogens (primary N) is 1. The van der Waals surface area contributed by atoms with E-state index in [4.69, 9.17) is 17.3 Å². The van der Waals surface area contributed by atoms with Gasteiger partial charge >= 0.3 is 0 Å². The van der Waals surface area contributed by atoms with Crippen molar-refractivity contribution < 1.29 is 0 Å². The maximum atomic E-state index is 5.58. The summed E-state index contributed by atoms with van der Waals surface area (Å²) in [7, 11) is 0. The maximum absolute atomic E-state index is 5.58. The van der Waals surface area contributed by atoms with Crippen LogP contribution in [-0.4, -0.2) is 33.5 Å². The molecule has 0 fully saturated rings. The molecule has 0 unspecified atom stereocenters. The summed E-state index contributed by atoms with van der Waals surface area (Å²) >= 11 is 7.31. The highest BCUT2D eigenvalue weighted by Gasteiger charge is 2.00. The fourth-order valence-electron chi connectivity index (χ4n) is 0.709. The third-order valence-electron chi connectivity index (χ3n) is 1.21. The van der Waals surface area contributed by atoms with Gasteiger partial charge in [0.25, 0.3) is 0 Å². The minimum atomic E-state index is 0.110. The van der Waals surface area contributed by atoms with Gasteiger partial charge in [-0.25, -0.2) is 0 Å². The van der Waals surface area contributed by atoms with Crippen LogP contribution in [0.2, 0.25) is 5.28 Å². The topological polar surface area (TPSA) is 76.7 Å². The number of anilines is 2. The van der Waals surface area contributed by atoms with Crippen LogP contribution >= 0.6 is 23.4 Å². The standard InChI is InChI=1S/C6H10ClN5S/c1-13-3-2-9-6-11-4(7)10-5(8)12-6/h2-3H2,1H3,(H3,8,9,10,11,12). The smallest absolute Gasteiger partial charge is 0.228 e. The number of thioether (sulfide) groups is 1. The normalized spacial score (nSPS) is 10.0. The summed E-state index contributed by atoms with van der Waals surface area (Å²) < 4.78 is 0. The van der Waals surface area contributed by atoms with Crippen molar-refractivity contribution in [3.63, 3.8) is 0 Å². The van der Waals surface area contributed by atoms with Gasteiger partial charge in [-0.3, -0.25) is 0 Å². The van der Waals surface area contributed by atoms with E-state index in [2.05, 4.69) is 20.3 Å². The molecule has 5 nitrogen and oxygen atoms in total. The Bertz CT molecular complexity index is 261. The summed E-state index contributed by atoms with van der Waals surface area (Å²) in [4.78, 5) is 11.3. The molecule has 13 heavy (non-hydrogen) atoms. The van der Waals surface area contributed by atoms with Crippen LogP contribution in [0.5, 0.6) is 0 Å². The molecule has 3 N–H and O–H groups in total. The second-order valence-electron chi connectivity index (χ2n) is 2.21. The fraction of sp³-hybridized carbons (Fsp3) is 0.500. The van der Waals surface area contributed by atoms with Crippen LogP contribution < -0.4 is 11.1 Å². The first-order chi connectivity index (χ1) is 6.22. The molecule has 0 aliphatic heterocycles. The van der Waals surface area contributed by atoms with E-state index in [9.17, 15) is 0 Å². The number of nitrogen functional groups attached to an aromatic ring is 1. The minimum Gasteiger partial charge on any atom is -0.368 e. The number of nitrogens with zero attached hydrogens (tertiary/aromatic N) is 3. The Morgan fingerprint density at radius 3 is 2.85 bits per heavy atom. The highest BCUT2D eigenvalue weighted by Crippen LogP contribution is 2.06. The molecular weight excluding hydrogens is 210 g/mol. The molecule has 0 atom stereocenters. The van der Waals surface area contributed by atoms with Crippen LogP contribution in [0.3, 0.4) is 0 Å². The number of rotatable bonds is 4. The van der Waals surface area contributed by atoms with Crippen LogP contribution in [0, 0.1) is 0 Å². The third-order valence-corrected chi connectivity index (χ3v) is 2.00. The van der Waals surface area contributed by atoms with Crippen LogP contribution in [0.15, 0.2) is 0 Å². The lowest BCUT2D eigenvalue weighted by Crippen LogP contribution is -2.09. The van der Waals surface area contributed by atoms with Crippen LogP contribution in [0.4, 0.5) is 11.9 Å². The van der Waals surface area contributed by atoms with Crippen molar-refractivity contribution >= 4 is 35.3 Å². The zero-order valence-electron chi connectivity index (χ0n) is 7.12. The molecule has 1 rings (SSSR count). The Morgan fingerprint density at radius 1 is 1.46 bits per heavy atom. The van der Waals surface area contributed by atoms with Gasteiger partial charge in [0.2, 0.25) is 17.2 Å². The first-order valence-electron chi connectivity index (χ1n) is 3.62. The minimum absolute atomic E-state index is 0.110. The van der Waals surface area contributed by atoms with E-state index in [1.165, 1.54) is 0 Å². The zero-order valence-corrected chi connectivity index (χ0v) is 8.69. The van der Waals surface area contributed by atoms with Gasteiger partial charge in [-0.05, 0) is 17.9 Å².